The lowest BCUT2D eigenvalue weighted by Crippen LogP contribution is -2.52. The van der Waals surface area contributed by atoms with Gasteiger partial charge in [0, 0.05) is 17.0 Å². The zero-order valence-electron chi connectivity index (χ0n) is 18.5. The molecular formula is C24H23ClFN3O6. The van der Waals surface area contributed by atoms with Crippen LogP contribution in [-0.2, 0) is 4.79 Å². The van der Waals surface area contributed by atoms with E-state index in [0.717, 1.165) is 25.6 Å². The molecule has 184 valence electrons. The number of fused-ring (bicyclic) bond motifs is 2. The molecule has 1 fully saturated rings. The maximum absolute atomic E-state index is 14.6. The van der Waals surface area contributed by atoms with Crippen LogP contribution in [0, 0.1) is 5.82 Å². The average molecular weight is 504 g/mol. The Bertz CT molecular complexity index is 1290. The number of nitrogens with one attached hydrogen (secondary N) is 1. The summed E-state index contributed by atoms with van der Waals surface area (Å²) in [5.74, 6) is -1.21. The number of halogens is 2. The Hall–Kier alpha value is -3.34. The van der Waals surface area contributed by atoms with E-state index in [1.807, 2.05) is 4.90 Å². The molecule has 1 saturated heterocycles. The third kappa shape index (κ3) is 4.77. The predicted molar refractivity (Wildman–Crippen MR) is 125 cm³/mol. The van der Waals surface area contributed by atoms with Crippen LogP contribution in [0.25, 0.3) is 11.0 Å². The first-order chi connectivity index (χ1) is 16.9. The number of benzene rings is 2. The number of carbonyl (C=O) groups excluding carboxylic acids is 1. The molecule has 11 heteroatoms. The van der Waals surface area contributed by atoms with Crippen molar-refractivity contribution in [1.82, 2.24) is 10.2 Å². The SMILES string of the molecule is O=C(N[C@H](CN1CCC1)[C@H](O)c1cc(F)c2c(c1)OCCO2)/C(=N/O)c1cc2cc(Cl)ccc2o1. The van der Waals surface area contributed by atoms with Crippen molar-refractivity contribution in [3.05, 3.63) is 58.6 Å². The van der Waals surface area contributed by atoms with Gasteiger partial charge in [0.1, 0.15) is 24.9 Å². The molecule has 3 N–H and O–H groups in total. The molecule has 5 rings (SSSR count). The summed E-state index contributed by atoms with van der Waals surface area (Å²) in [6.45, 7) is 2.41. The van der Waals surface area contributed by atoms with E-state index in [2.05, 4.69) is 10.5 Å². The van der Waals surface area contributed by atoms with E-state index in [0.29, 0.717) is 22.5 Å². The lowest BCUT2D eigenvalue weighted by Gasteiger charge is -2.36. The highest BCUT2D eigenvalue weighted by molar-refractivity contribution is 6.44. The Labute approximate surface area is 204 Å². The molecule has 3 aromatic rings. The Morgan fingerprint density at radius 2 is 2.00 bits per heavy atom. The van der Waals surface area contributed by atoms with Crippen molar-refractivity contribution in [3.63, 3.8) is 0 Å². The Morgan fingerprint density at radius 1 is 1.20 bits per heavy atom. The topological polar surface area (TPSA) is 117 Å². The van der Waals surface area contributed by atoms with E-state index in [9.17, 15) is 19.5 Å². The lowest BCUT2D eigenvalue weighted by atomic mass is 9.99. The summed E-state index contributed by atoms with van der Waals surface area (Å²) in [5, 5.41) is 27.7. The fourth-order valence-corrected chi connectivity index (χ4v) is 4.36. The summed E-state index contributed by atoms with van der Waals surface area (Å²) >= 11 is 6.01. The number of likely N-dealkylation sites (tertiary alicyclic amines) is 1. The Balaban J connectivity index is 1.40. The standard InChI is InChI=1S/C24H23ClFN3O6/c25-15-2-3-18-13(8-15)10-19(35-18)21(28-32)24(31)27-17(12-29-4-1-5-29)22(30)14-9-16(26)23-20(11-14)33-6-7-34-23/h2-3,8-11,17,22,30,32H,1,4-7,12H2,(H,27,31)/b28-21+/t17-,22-/m1/s1. The second kappa shape index (κ2) is 9.73. The summed E-state index contributed by atoms with van der Waals surface area (Å²) in [4.78, 5) is 15.2. The molecule has 2 atom stereocenters. The molecule has 2 aromatic carbocycles. The molecule has 0 radical (unpaired) electrons. The van der Waals surface area contributed by atoms with Crippen LogP contribution in [0.1, 0.15) is 23.8 Å². The van der Waals surface area contributed by atoms with Crippen molar-refractivity contribution in [1.29, 1.82) is 0 Å². The molecule has 0 bridgehead atoms. The van der Waals surface area contributed by atoms with Crippen LogP contribution in [0.15, 0.2) is 46.0 Å². The van der Waals surface area contributed by atoms with E-state index in [4.69, 9.17) is 25.5 Å². The van der Waals surface area contributed by atoms with Gasteiger partial charge >= 0.3 is 0 Å². The number of hydrogen-bond acceptors (Lipinski definition) is 8. The van der Waals surface area contributed by atoms with Gasteiger partial charge in [0.25, 0.3) is 5.91 Å². The summed E-state index contributed by atoms with van der Waals surface area (Å²) in [6, 6.07) is 8.29. The van der Waals surface area contributed by atoms with Crippen LogP contribution in [0.3, 0.4) is 0 Å². The van der Waals surface area contributed by atoms with Gasteiger partial charge < -0.3 is 34.4 Å². The second-order valence-electron chi connectivity index (χ2n) is 8.45. The molecule has 35 heavy (non-hydrogen) atoms. The van der Waals surface area contributed by atoms with Gasteiger partial charge in [-0.2, -0.15) is 0 Å². The molecule has 1 aromatic heterocycles. The van der Waals surface area contributed by atoms with Crippen molar-refractivity contribution in [3.8, 4) is 11.5 Å². The van der Waals surface area contributed by atoms with Gasteiger partial charge in [-0.05, 0) is 61.5 Å². The minimum absolute atomic E-state index is 0.00443. The van der Waals surface area contributed by atoms with E-state index < -0.39 is 23.9 Å². The zero-order valence-corrected chi connectivity index (χ0v) is 19.3. The summed E-state index contributed by atoms with van der Waals surface area (Å²) in [7, 11) is 0. The van der Waals surface area contributed by atoms with Gasteiger partial charge in [0.05, 0.1) is 6.04 Å². The molecule has 0 spiro atoms. The lowest BCUT2D eigenvalue weighted by molar-refractivity contribution is -0.116. The third-order valence-electron chi connectivity index (χ3n) is 6.09. The molecule has 0 aliphatic carbocycles. The summed E-state index contributed by atoms with van der Waals surface area (Å²) < 4.78 is 31.0. The smallest absolute Gasteiger partial charge is 0.277 e. The predicted octanol–water partition coefficient (Wildman–Crippen LogP) is 3.10. The third-order valence-corrected chi connectivity index (χ3v) is 6.32. The fourth-order valence-electron chi connectivity index (χ4n) is 4.18. The van der Waals surface area contributed by atoms with Gasteiger partial charge in [-0.25, -0.2) is 4.39 Å². The molecule has 2 aliphatic rings. The van der Waals surface area contributed by atoms with Crippen LogP contribution in [0.5, 0.6) is 11.5 Å². The average Bonchev–Trinajstić information content (AvgIpc) is 3.23. The van der Waals surface area contributed by atoms with Crippen LogP contribution >= 0.6 is 11.6 Å². The minimum Gasteiger partial charge on any atom is -0.486 e. The van der Waals surface area contributed by atoms with Crippen molar-refractivity contribution >= 4 is 34.2 Å². The number of oxime groups is 1. The van der Waals surface area contributed by atoms with Crippen LogP contribution in [0.2, 0.25) is 5.02 Å². The minimum atomic E-state index is -1.28. The number of carbonyl (C=O) groups is 1. The molecule has 0 unspecified atom stereocenters. The summed E-state index contributed by atoms with van der Waals surface area (Å²) in [5.41, 5.74) is 0.312. The van der Waals surface area contributed by atoms with Crippen molar-refractivity contribution in [2.24, 2.45) is 5.16 Å². The molecular weight excluding hydrogens is 481 g/mol. The van der Waals surface area contributed by atoms with Crippen LogP contribution in [0.4, 0.5) is 4.39 Å². The zero-order chi connectivity index (χ0) is 24.5. The van der Waals surface area contributed by atoms with Crippen molar-refractivity contribution < 1.29 is 33.4 Å². The quantitative estimate of drug-likeness (QED) is 0.258. The number of nitrogens with zero attached hydrogens (tertiary/aromatic N) is 2. The Morgan fingerprint density at radius 3 is 2.74 bits per heavy atom. The number of aliphatic hydroxyl groups excluding tert-OH is 1. The molecule has 1 amide bonds. The normalized spacial score (nSPS) is 17.6. The van der Waals surface area contributed by atoms with Gasteiger partial charge in [-0.15, -0.1) is 0 Å². The first-order valence-corrected chi connectivity index (χ1v) is 11.5. The number of ether oxygens (including phenoxy) is 2. The number of amides is 1. The van der Waals surface area contributed by atoms with E-state index in [-0.39, 0.29) is 41.7 Å². The van der Waals surface area contributed by atoms with Crippen molar-refractivity contribution in [2.45, 2.75) is 18.6 Å². The Kier molecular flexibility index (Phi) is 6.50. The second-order valence-corrected chi connectivity index (χ2v) is 8.88. The fraction of sp³-hybridized carbons (Fsp3) is 0.333. The maximum atomic E-state index is 14.6. The van der Waals surface area contributed by atoms with E-state index in [1.54, 1.807) is 18.2 Å². The largest absolute Gasteiger partial charge is 0.486 e. The van der Waals surface area contributed by atoms with Gasteiger partial charge in [0.2, 0.25) is 5.71 Å². The van der Waals surface area contributed by atoms with Gasteiger partial charge in [-0.3, -0.25) is 4.79 Å². The monoisotopic (exact) mass is 503 g/mol. The first kappa shape index (κ1) is 23.4. The van der Waals surface area contributed by atoms with Crippen molar-refractivity contribution in [2.75, 3.05) is 32.8 Å². The van der Waals surface area contributed by atoms with Gasteiger partial charge in [0.15, 0.2) is 23.1 Å². The highest BCUT2D eigenvalue weighted by Gasteiger charge is 2.32. The van der Waals surface area contributed by atoms with E-state index in [1.165, 1.54) is 12.1 Å². The van der Waals surface area contributed by atoms with Gasteiger partial charge in [-0.1, -0.05) is 16.8 Å². The number of hydrogen-bond donors (Lipinski definition) is 3. The van der Waals surface area contributed by atoms with Crippen LogP contribution in [-0.4, -0.2) is 65.7 Å². The highest BCUT2D eigenvalue weighted by atomic mass is 35.5. The number of rotatable bonds is 7. The molecule has 9 nitrogen and oxygen atoms in total. The molecule has 0 saturated carbocycles. The molecule has 3 heterocycles. The van der Waals surface area contributed by atoms with Crippen LogP contribution < -0.4 is 14.8 Å². The number of aliphatic hydroxyl groups is 1. The highest BCUT2D eigenvalue weighted by Crippen LogP contribution is 2.36. The maximum Gasteiger partial charge on any atom is 0.277 e. The first-order valence-electron chi connectivity index (χ1n) is 11.1. The summed E-state index contributed by atoms with van der Waals surface area (Å²) in [6.07, 6.45) is -0.278. The molecule has 2 aliphatic heterocycles. The number of furan rings is 1. The van der Waals surface area contributed by atoms with E-state index >= 15 is 0 Å².